The van der Waals surface area contributed by atoms with Crippen molar-refractivity contribution in [2.24, 2.45) is 0 Å². The summed E-state index contributed by atoms with van der Waals surface area (Å²) in [6.07, 6.45) is 8.09. The van der Waals surface area contributed by atoms with Crippen LogP contribution < -0.4 is 10.1 Å². The number of rotatable bonds is 7. The summed E-state index contributed by atoms with van der Waals surface area (Å²) in [6.45, 7) is 1.74. The van der Waals surface area contributed by atoms with Gasteiger partial charge in [0.05, 0.1) is 6.20 Å². The standard InChI is InChI=1S/C13H18N2O3/c1-10(14-2)4-3-5-11-6-12(8-15-7-11)18-9-13(16)17/h3,5-8,10,14H,4,9H2,1-2H3,(H,16,17)/b5-3+. The smallest absolute Gasteiger partial charge is 0.341 e. The Bertz CT molecular complexity index is 418. The van der Waals surface area contributed by atoms with E-state index in [0.29, 0.717) is 11.8 Å². The zero-order valence-corrected chi connectivity index (χ0v) is 10.6. The Kier molecular flexibility index (Phi) is 5.87. The number of hydrogen-bond donors (Lipinski definition) is 2. The predicted octanol–water partition coefficient (Wildman–Crippen LogP) is 1.56. The fourth-order valence-corrected chi connectivity index (χ4v) is 1.28. The molecule has 5 heteroatoms. The Balaban J connectivity index is 2.56. The number of nitrogens with one attached hydrogen (secondary N) is 1. The summed E-state index contributed by atoms with van der Waals surface area (Å²) in [5.41, 5.74) is 0.890. The van der Waals surface area contributed by atoms with E-state index in [2.05, 4.69) is 17.2 Å². The number of nitrogens with zero attached hydrogens (tertiary/aromatic N) is 1. The van der Waals surface area contributed by atoms with E-state index in [9.17, 15) is 4.79 Å². The van der Waals surface area contributed by atoms with Crippen LogP contribution in [0.1, 0.15) is 18.9 Å². The molecule has 1 atom stereocenters. The van der Waals surface area contributed by atoms with Gasteiger partial charge in [0.2, 0.25) is 0 Å². The Labute approximate surface area is 107 Å². The number of hydrogen-bond acceptors (Lipinski definition) is 4. The molecular weight excluding hydrogens is 232 g/mol. The predicted molar refractivity (Wildman–Crippen MR) is 69.5 cm³/mol. The number of pyridine rings is 1. The van der Waals surface area contributed by atoms with Gasteiger partial charge in [0.15, 0.2) is 6.61 Å². The lowest BCUT2D eigenvalue weighted by Crippen LogP contribution is -2.19. The summed E-state index contributed by atoms with van der Waals surface area (Å²) < 4.78 is 5.05. The van der Waals surface area contributed by atoms with Crippen molar-refractivity contribution in [3.05, 3.63) is 30.1 Å². The summed E-state index contributed by atoms with van der Waals surface area (Å²) >= 11 is 0. The van der Waals surface area contributed by atoms with Gasteiger partial charge in [-0.2, -0.15) is 0 Å². The van der Waals surface area contributed by atoms with Crippen LogP contribution in [0.5, 0.6) is 5.75 Å². The van der Waals surface area contributed by atoms with Crippen LogP contribution in [0.25, 0.3) is 6.08 Å². The van der Waals surface area contributed by atoms with E-state index in [4.69, 9.17) is 9.84 Å². The molecule has 0 radical (unpaired) electrons. The molecular formula is C13H18N2O3. The average Bonchev–Trinajstić information content (AvgIpc) is 2.36. The minimum Gasteiger partial charge on any atom is -0.480 e. The van der Waals surface area contributed by atoms with Crippen molar-refractivity contribution < 1.29 is 14.6 Å². The second-order valence-corrected chi connectivity index (χ2v) is 3.96. The molecule has 1 heterocycles. The van der Waals surface area contributed by atoms with Gasteiger partial charge < -0.3 is 15.2 Å². The molecule has 0 saturated heterocycles. The maximum Gasteiger partial charge on any atom is 0.341 e. The van der Waals surface area contributed by atoms with E-state index in [0.717, 1.165) is 12.0 Å². The molecule has 0 aliphatic heterocycles. The van der Waals surface area contributed by atoms with E-state index in [-0.39, 0.29) is 6.61 Å². The van der Waals surface area contributed by atoms with Gasteiger partial charge in [-0.25, -0.2) is 4.79 Å². The van der Waals surface area contributed by atoms with E-state index in [1.165, 1.54) is 6.20 Å². The van der Waals surface area contributed by atoms with Crippen LogP contribution >= 0.6 is 0 Å². The molecule has 0 bridgehead atoms. The highest BCUT2D eigenvalue weighted by atomic mass is 16.5. The Morgan fingerprint density at radius 1 is 1.61 bits per heavy atom. The van der Waals surface area contributed by atoms with Crippen molar-refractivity contribution in [2.75, 3.05) is 13.7 Å². The van der Waals surface area contributed by atoms with Gasteiger partial charge in [0.1, 0.15) is 5.75 Å². The molecule has 0 aromatic carbocycles. The van der Waals surface area contributed by atoms with Crippen molar-refractivity contribution in [3.8, 4) is 5.75 Å². The van der Waals surface area contributed by atoms with Gasteiger partial charge in [0.25, 0.3) is 0 Å². The highest BCUT2D eigenvalue weighted by Gasteiger charge is 2.00. The lowest BCUT2D eigenvalue weighted by molar-refractivity contribution is -0.139. The highest BCUT2D eigenvalue weighted by Crippen LogP contribution is 2.12. The van der Waals surface area contributed by atoms with Gasteiger partial charge in [-0.15, -0.1) is 0 Å². The minimum absolute atomic E-state index is 0.356. The van der Waals surface area contributed by atoms with E-state index >= 15 is 0 Å². The lowest BCUT2D eigenvalue weighted by atomic mass is 10.2. The van der Waals surface area contributed by atoms with Crippen LogP contribution in [0.2, 0.25) is 0 Å². The molecule has 18 heavy (non-hydrogen) atoms. The summed E-state index contributed by atoms with van der Waals surface area (Å²) in [5, 5.41) is 11.6. The summed E-state index contributed by atoms with van der Waals surface area (Å²) in [5.74, 6) is -0.542. The first-order chi connectivity index (χ1) is 8.61. The van der Waals surface area contributed by atoms with Gasteiger partial charge >= 0.3 is 5.97 Å². The average molecular weight is 250 g/mol. The SMILES string of the molecule is CNC(C)C/C=C/c1cncc(OCC(=O)O)c1. The maximum atomic E-state index is 10.4. The van der Waals surface area contributed by atoms with Crippen molar-refractivity contribution in [2.45, 2.75) is 19.4 Å². The number of carboxylic acids is 1. The topological polar surface area (TPSA) is 71.5 Å². The van der Waals surface area contributed by atoms with Crippen LogP contribution in [0.15, 0.2) is 24.5 Å². The van der Waals surface area contributed by atoms with Gasteiger partial charge in [-0.3, -0.25) is 4.98 Å². The molecule has 0 spiro atoms. The minimum atomic E-state index is -1.00. The van der Waals surface area contributed by atoms with Crippen molar-refractivity contribution in [3.63, 3.8) is 0 Å². The van der Waals surface area contributed by atoms with Crippen LogP contribution in [-0.4, -0.2) is 35.8 Å². The molecule has 0 aliphatic rings. The first kappa shape index (κ1) is 14.2. The molecule has 0 saturated carbocycles. The second-order valence-electron chi connectivity index (χ2n) is 3.96. The largest absolute Gasteiger partial charge is 0.480 e. The third kappa shape index (κ3) is 5.45. The summed E-state index contributed by atoms with van der Waals surface area (Å²) in [6, 6.07) is 2.18. The molecule has 1 rings (SSSR count). The Hall–Kier alpha value is -1.88. The number of ether oxygens (including phenoxy) is 1. The fourth-order valence-electron chi connectivity index (χ4n) is 1.28. The quantitative estimate of drug-likeness (QED) is 0.768. The van der Waals surface area contributed by atoms with Crippen molar-refractivity contribution >= 4 is 12.0 Å². The summed E-state index contributed by atoms with van der Waals surface area (Å²) in [7, 11) is 1.92. The number of carboxylic acid groups (broad SMARTS) is 1. The van der Waals surface area contributed by atoms with E-state index < -0.39 is 5.97 Å². The van der Waals surface area contributed by atoms with Crippen LogP contribution in [-0.2, 0) is 4.79 Å². The van der Waals surface area contributed by atoms with Crippen LogP contribution in [0, 0.1) is 0 Å². The van der Waals surface area contributed by atoms with Gasteiger partial charge in [-0.05, 0) is 32.0 Å². The third-order valence-corrected chi connectivity index (χ3v) is 2.39. The van der Waals surface area contributed by atoms with E-state index in [1.807, 2.05) is 19.2 Å². The molecule has 2 N–H and O–H groups in total. The number of aliphatic carboxylic acids is 1. The van der Waals surface area contributed by atoms with Crippen molar-refractivity contribution in [1.29, 1.82) is 0 Å². The molecule has 1 aromatic heterocycles. The zero-order valence-electron chi connectivity index (χ0n) is 10.6. The fraction of sp³-hybridized carbons (Fsp3) is 0.385. The second kappa shape index (κ2) is 7.45. The maximum absolute atomic E-state index is 10.4. The molecule has 98 valence electrons. The molecule has 0 fully saturated rings. The number of carbonyl (C=O) groups is 1. The molecule has 0 aliphatic carbocycles. The zero-order chi connectivity index (χ0) is 13.4. The monoisotopic (exact) mass is 250 g/mol. The first-order valence-corrected chi connectivity index (χ1v) is 5.75. The number of aromatic nitrogens is 1. The molecule has 5 nitrogen and oxygen atoms in total. The molecule has 1 unspecified atom stereocenters. The first-order valence-electron chi connectivity index (χ1n) is 5.75. The molecule has 0 amide bonds. The Morgan fingerprint density at radius 2 is 2.39 bits per heavy atom. The highest BCUT2D eigenvalue weighted by molar-refractivity contribution is 5.68. The lowest BCUT2D eigenvalue weighted by Gasteiger charge is -2.05. The van der Waals surface area contributed by atoms with Crippen molar-refractivity contribution in [1.82, 2.24) is 10.3 Å². The van der Waals surface area contributed by atoms with E-state index in [1.54, 1.807) is 12.3 Å². The molecule has 1 aromatic rings. The third-order valence-electron chi connectivity index (χ3n) is 2.39. The van der Waals surface area contributed by atoms with Crippen LogP contribution in [0.4, 0.5) is 0 Å². The van der Waals surface area contributed by atoms with Gasteiger partial charge in [-0.1, -0.05) is 12.2 Å². The van der Waals surface area contributed by atoms with Gasteiger partial charge in [0, 0.05) is 12.2 Å². The van der Waals surface area contributed by atoms with Crippen LogP contribution in [0.3, 0.4) is 0 Å². The normalized spacial score (nSPS) is 12.6. The Morgan fingerprint density at radius 3 is 3.06 bits per heavy atom. The summed E-state index contributed by atoms with van der Waals surface area (Å²) in [4.78, 5) is 14.4.